The summed E-state index contributed by atoms with van der Waals surface area (Å²) in [5.41, 5.74) is -2.22. The molecule has 10 heteroatoms. The van der Waals surface area contributed by atoms with Crippen LogP contribution in [-0.4, -0.2) is 23.5 Å². The SMILES string of the molecule is OB(O)c1ccc(C(F)(F)F)cc1OC(F)(F)F. The van der Waals surface area contributed by atoms with Crippen molar-refractivity contribution < 1.29 is 41.1 Å². The summed E-state index contributed by atoms with van der Waals surface area (Å²) in [6.45, 7) is 0. The zero-order valence-corrected chi connectivity index (χ0v) is 8.38. The molecule has 1 aromatic rings. The summed E-state index contributed by atoms with van der Waals surface area (Å²) in [6.07, 6.45) is -10.1. The van der Waals surface area contributed by atoms with Crippen LogP contribution in [0.5, 0.6) is 5.75 Å². The number of halogens is 6. The fourth-order valence-electron chi connectivity index (χ4n) is 1.14. The molecule has 3 nitrogen and oxygen atoms in total. The molecule has 0 atom stereocenters. The van der Waals surface area contributed by atoms with Gasteiger partial charge in [-0.2, -0.15) is 13.2 Å². The summed E-state index contributed by atoms with van der Waals surface area (Å²) in [5.74, 6) is -1.31. The zero-order valence-electron chi connectivity index (χ0n) is 8.38. The second-order valence-electron chi connectivity index (χ2n) is 3.17. The normalized spacial score (nSPS) is 12.4. The maximum Gasteiger partial charge on any atom is 0.573 e. The molecule has 2 N–H and O–H groups in total. The Morgan fingerprint density at radius 2 is 1.56 bits per heavy atom. The highest BCUT2D eigenvalue weighted by molar-refractivity contribution is 6.59. The van der Waals surface area contributed by atoms with Crippen molar-refractivity contribution in [2.24, 2.45) is 0 Å². The minimum atomic E-state index is -5.24. The van der Waals surface area contributed by atoms with E-state index in [0.29, 0.717) is 12.1 Å². The molecule has 0 bridgehead atoms. The lowest BCUT2D eigenvalue weighted by molar-refractivity contribution is -0.274. The van der Waals surface area contributed by atoms with Crippen LogP contribution in [0.4, 0.5) is 26.3 Å². The van der Waals surface area contributed by atoms with Crippen molar-refractivity contribution in [3.05, 3.63) is 23.8 Å². The second kappa shape index (κ2) is 4.69. The van der Waals surface area contributed by atoms with Gasteiger partial charge in [-0.25, -0.2) is 0 Å². The number of hydrogen-bond donors (Lipinski definition) is 2. The first-order valence-corrected chi connectivity index (χ1v) is 4.34. The number of benzene rings is 1. The predicted molar refractivity (Wildman–Crippen MR) is 48.0 cm³/mol. The van der Waals surface area contributed by atoms with Crippen molar-refractivity contribution in [2.45, 2.75) is 12.5 Å². The van der Waals surface area contributed by atoms with Gasteiger partial charge in [0.2, 0.25) is 0 Å². The molecule has 0 heterocycles. The molecule has 0 radical (unpaired) electrons. The van der Waals surface area contributed by atoms with Gasteiger partial charge in [0.1, 0.15) is 5.75 Å². The van der Waals surface area contributed by atoms with Crippen molar-refractivity contribution in [2.75, 3.05) is 0 Å². The third kappa shape index (κ3) is 3.81. The van der Waals surface area contributed by atoms with Gasteiger partial charge in [-0.15, -0.1) is 13.2 Å². The summed E-state index contributed by atoms with van der Waals surface area (Å²) in [6, 6.07) is 0.953. The molecule has 1 aromatic carbocycles. The summed E-state index contributed by atoms with van der Waals surface area (Å²) in [4.78, 5) is 0. The standard InChI is InChI=1S/C8H5BF6O3/c10-7(11,12)4-1-2-5(9(16)17)6(3-4)18-8(13,14)15/h1-3,16-17H. The maximum absolute atomic E-state index is 12.3. The Kier molecular flexibility index (Phi) is 3.82. The second-order valence-corrected chi connectivity index (χ2v) is 3.17. The average molecular weight is 274 g/mol. The Bertz CT molecular complexity index is 428. The molecular formula is C8H5BF6O3. The molecule has 0 aromatic heterocycles. The lowest BCUT2D eigenvalue weighted by atomic mass is 9.79. The lowest BCUT2D eigenvalue weighted by Gasteiger charge is -2.15. The molecule has 0 aliphatic carbocycles. The molecule has 0 aliphatic rings. The van der Waals surface area contributed by atoms with E-state index in [2.05, 4.69) is 4.74 Å². The van der Waals surface area contributed by atoms with E-state index in [-0.39, 0.29) is 6.07 Å². The molecule has 0 spiro atoms. The van der Waals surface area contributed by atoms with Crippen LogP contribution in [-0.2, 0) is 6.18 Å². The van der Waals surface area contributed by atoms with Crippen molar-refractivity contribution in [3.63, 3.8) is 0 Å². The van der Waals surface area contributed by atoms with Crippen molar-refractivity contribution in [3.8, 4) is 5.75 Å². The number of rotatable bonds is 2. The van der Waals surface area contributed by atoms with Gasteiger partial charge in [0.15, 0.2) is 0 Å². The van der Waals surface area contributed by atoms with E-state index < -0.39 is 36.4 Å². The van der Waals surface area contributed by atoms with Crippen LogP contribution in [0.2, 0.25) is 0 Å². The Hall–Kier alpha value is -1.42. The van der Waals surface area contributed by atoms with Crippen LogP contribution in [0.15, 0.2) is 18.2 Å². The Morgan fingerprint density at radius 1 is 1.00 bits per heavy atom. The van der Waals surface area contributed by atoms with Crippen LogP contribution < -0.4 is 10.2 Å². The van der Waals surface area contributed by atoms with E-state index in [1.165, 1.54) is 0 Å². The first-order valence-electron chi connectivity index (χ1n) is 4.34. The van der Waals surface area contributed by atoms with Crippen LogP contribution in [0, 0.1) is 0 Å². The highest BCUT2D eigenvalue weighted by Gasteiger charge is 2.36. The maximum atomic E-state index is 12.3. The van der Waals surface area contributed by atoms with Crippen molar-refractivity contribution in [1.82, 2.24) is 0 Å². The molecule has 0 unspecified atom stereocenters. The fourth-order valence-corrected chi connectivity index (χ4v) is 1.14. The van der Waals surface area contributed by atoms with Gasteiger partial charge in [-0.1, -0.05) is 12.1 Å². The molecule has 0 fully saturated rings. The van der Waals surface area contributed by atoms with E-state index in [0.717, 1.165) is 0 Å². The molecule has 0 saturated carbocycles. The predicted octanol–water partition coefficient (Wildman–Crippen LogP) is 1.28. The van der Waals surface area contributed by atoms with Gasteiger partial charge in [-0.05, 0) is 6.07 Å². The lowest BCUT2D eigenvalue weighted by Crippen LogP contribution is -2.34. The minimum absolute atomic E-state index is 0.0439. The third-order valence-electron chi connectivity index (χ3n) is 1.84. The van der Waals surface area contributed by atoms with Gasteiger partial charge in [-0.3, -0.25) is 0 Å². The Labute approximate surface area is 96.7 Å². The van der Waals surface area contributed by atoms with E-state index in [4.69, 9.17) is 10.0 Å². The first kappa shape index (κ1) is 14.6. The van der Waals surface area contributed by atoms with Gasteiger partial charge in [0, 0.05) is 5.46 Å². The smallest absolute Gasteiger partial charge is 0.423 e. The molecule has 18 heavy (non-hydrogen) atoms. The molecule has 0 saturated heterocycles. The number of ether oxygens (including phenoxy) is 1. The van der Waals surface area contributed by atoms with Gasteiger partial charge in [0.25, 0.3) is 0 Å². The van der Waals surface area contributed by atoms with Crippen LogP contribution >= 0.6 is 0 Å². The van der Waals surface area contributed by atoms with Gasteiger partial charge in [0.05, 0.1) is 5.56 Å². The summed E-state index contributed by atoms with van der Waals surface area (Å²) in [7, 11) is -2.38. The van der Waals surface area contributed by atoms with E-state index in [1.54, 1.807) is 0 Å². The van der Waals surface area contributed by atoms with Crippen molar-refractivity contribution in [1.29, 1.82) is 0 Å². The average Bonchev–Trinajstić information content (AvgIpc) is 2.12. The van der Waals surface area contributed by atoms with Gasteiger partial charge >= 0.3 is 19.7 Å². The van der Waals surface area contributed by atoms with E-state index >= 15 is 0 Å². The molecule has 1 rings (SSSR count). The fraction of sp³-hybridized carbons (Fsp3) is 0.250. The minimum Gasteiger partial charge on any atom is -0.423 e. The molecule has 0 amide bonds. The third-order valence-corrected chi connectivity index (χ3v) is 1.84. The molecule has 0 aliphatic heterocycles. The van der Waals surface area contributed by atoms with E-state index in [9.17, 15) is 26.3 Å². The summed E-state index contributed by atoms with van der Waals surface area (Å²) >= 11 is 0. The first-order chi connectivity index (χ1) is 8.00. The van der Waals surface area contributed by atoms with E-state index in [1.807, 2.05) is 0 Å². The summed E-state index contributed by atoms with van der Waals surface area (Å²) < 4.78 is 76.0. The highest BCUT2D eigenvalue weighted by atomic mass is 19.4. The highest BCUT2D eigenvalue weighted by Crippen LogP contribution is 2.32. The molecular weight excluding hydrogens is 269 g/mol. The van der Waals surface area contributed by atoms with Crippen LogP contribution in [0.25, 0.3) is 0 Å². The van der Waals surface area contributed by atoms with Crippen LogP contribution in [0.3, 0.4) is 0 Å². The van der Waals surface area contributed by atoms with Crippen molar-refractivity contribution >= 4 is 12.6 Å². The zero-order chi connectivity index (χ0) is 14.1. The topological polar surface area (TPSA) is 49.7 Å². The van der Waals surface area contributed by atoms with Gasteiger partial charge < -0.3 is 14.8 Å². The quantitative estimate of drug-likeness (QED) is 0.631. The number of alkyl halides is 6. The molecule has 100 valence electrons. The number of hydrogen-bond acceptors (Lipinski definition) is 3. The Morgan fingerprint density at radius 3 is 1.94 bits per heavy atom. The summed E-state index contributed by atoms with van der Waals surface area (Å²) in [5, 5.41) is 17.4. The largest absolute Gasteiger partial charge is 0.573 e. The van der Waals surface area contributed by atoms with Crippen LogP contribution in [0.1, 0.15) is 5.56 Å². The Balaban J connectivity index is 3.25. The monoisotopic (exact) mass is 274 g/mol.